The van der Waals surface area contributed by atoms with Gasteiger partial charge in [-0.25, -0.2) is 0 Å². The fourth-order valence-electron chi connectivity index (χ4n) is 3.78. The molecule has 0 unspecified atom stereocenters. The predicted octanol–water partition coefficient (Wildman–Crippen LogP) is 7.29. The number of nitriles is 1. The summed E-state index contributed by atoms with van der Waals surface area (Å²) in [5.74, 6) is 0.571. The van der Waals surface area contributed by atoms with Crippen LogP contribution in [0.3, 0.4) is 0 Å². The maximum Gasteiger partial charge on any atom is 0.266 e. The van der Waals surface area contributed by atoms with Crippen LogP contribution in [0.15, 0.2) is 78.4 Å². The van der Waals surface area contributed by atoms with Crippen LogP contribution in [0.1, 0.15) is 11.1 Å². The Morgan fingerprint density at radius 3 is 2.46 bits per heavy atom. The standard InChI is InChI=1S/C29H22Cl2N2O4/c1-35-27-15-25(28(36-2)14-24(27)31)33-29(34)20(16-32)13-23-22-9-4-3-7-19(22)10-11-26(23)37-17-18-6-5-8-21(30)12-18/h3-15H,17H2,1-2H3,(H,33,34)/b20-13+. The minimum absolute atomic E-state index is 0.125. The summed E-state index contributed by atoms with van der Waals surface area (Å²) in [5.41, 5.74) is 1.68. The van der Waals surface area contributed by atoms with Gasteiger partial charge in [0.25, 0.3) is 5.91 Å². The molecule has 0 fully saturated rings. The van der Waals surface area contributed by atoms with Gasteiger partial charge in [0.1, 0.15) is 35.5 Å². The van der Waals surface area contributed by atoms with Gasteiger partial charge in [0.05, 0.1) is 24.9 Å². The van der Waals surface area contributed by atoms with Crippen LogP contribution in [0.25, 0.3) is 16.8 Å². The molecule has 8 heteroatoms. The molecule has 6 nitrogen and oxygen atoms in total. The summed E-state index contributed by atoms with van der Waals surface area (Å²) >= 11 is 12.3. The van der Waals surface area contributed by atoms with Crippen LogP contribution in [-0.2, 0) is 11.4 Å². The molecule has 4 aromatic rings. The van der Waals surface area contributed by atoms with Gasteiger partial charge in [-0.2, -0.15) is 5.26 Å². The van der Waals surface area contributed by atoms with Crippen molar-refractivity contribution in [2.24, 2.45) is 0 Å². The van der Waals surface area contributed by atoms with Gasteiger partial charge in [-0.15, -0.1) is 0 Å². The Labute approximate surface area is 224 Å². The predicted molar refractivity (Wildman–Crippen MR) is 147 cm³/mol. The molecular weight excluding hydrogens is 511 g/mol. The maximum absolute atomic E-state index is 13.2. The Bertz CT molecular complexity index is 1540. The fourth-order valence-corrected chi connectivity index (χ4v) is 4.22. The summed E-state index contributed by atoms with van der Waals surface area (Å²) in [6.45, 7) is 0.260. The first-order valence-corrected chi connectivity index (χ1v) is 11.9. The first-order valence-electron chi connectivity index (χ1n) is 11.2. The number of hydrogen-bond acceptors (Lipinski definition) is 5. The van der Waals surface area contributed by atoms with E-state index in [2.05, 4.69) is 5.32 Å². The number of halogens is 2. The van der Waals surface area contributed by atoms with Gasteiger partial charge >= 0.3 is 0 Å². The molecular formula is C29H22Cl2N2O4. The summed E-state index contributed by atoms with van der Waals surface area (Å²) < 4.78 is 16.7. The second-order valence-corrected chi connectivity index (χ2v) is 8.77. The van der Waals surface area contributed by atoms with Crippen LogP contribution >= 0.6 is 23.2 Å². The monoisotopic (exact) mass is 532 g/mol. The number of rotatable bonds is 8. The van der Waals surface area contributed by atoms with Crippen molar-refractivity contribution >= 4 is 51.6 Å². The summed E-state index contributed by atoms with van der Waals surface area (Å²) in [6, 6.07) is 23.8. The summed E-state index contributed by atoms with van der Waals surface area (Å²) in [4.78, 5) is 13.2. The zero-order chi connectivity index (χ0) is 26.4. The molecule has 0 saturated heterocycles. The second-order valence-electron chi connectivity index (χ2n) is 7.93. The minimum Gasteiger partial charge on any atom is -0.495 e. The topological polar surface area (TPSA) is 80.6 Å². The largest absolute Gasteiger partial charge is 0.495 e. The highest BCUT2D eigenvalue weighted by molar-refractivity contribution is 6.32. The van der Waals surface area contributed by atoms with E-state index in [4.69, 9.17) is 37.4 Å². The van der Waals surface area contributed by atoms with Crippen molar-refractivity contribution in [3.63, 3.8) is 0 Å². The van der Waals surface area contributed by atoms with Crippen LogP contribution in [-0.4, -0.2) is 20.1 Å². The van der Waals surface area contributed by atoms with Crippen LogP contribution in [0, 0.1) is 11.3 Å². The number of nitrogens with one attached hydrogen (secondary N) is 1. The van der Waals surface area contributed by atoms with Crippen LogP contribution in [0.5, 0.6) is 17.2 Å². The molecule has 0 aliphatic carbocycles. The van der Waals surface area contributed by atoms with Crippen molar-refractivity contribution < 1.29 is 19.0 Å². The first kappa shape index (κ1) is 25.9. The molecule has 1 N–H and O–H groups in total. The Hall–Kier alpha value is -4.18. The number of hydrogen-bond donors (Lipinski definition) is 1. The number of fused-ring (bicyclic) bond motifs is 1. The molecule has 186 valence electrons. The molecule has 1 amide bonds. The number of benzene rings is 4. The normalized spacial score (nSPS) is 11.1. The minimum atomic E-state index is -0.626. The molecule has 0 radical (unpaired) electrons. The fraction of sp³-hybridized carbons (Fsp3) is 0.103. The van der Waals surface area contributed by atoms with E-state index in [9.17, 15) is 10.1 Å². The Morgan fingerprint density at radius 1 is 0.946 bits per heavy atom. The lowest BCUT2D eigenvalue weighted by Crippen LogP contribution is -2.14. The maximum atomic E-state index is 13.2. The van der Waals surface area contributed by atoms with Crippen molar-refractivity contribution in [3.8, 4) is 23.3 Å². The molecule has 4 rings (SSSR count). The van der Waals surface area contributed by atoms with Gasteiger partial charge in [0.15, 0.2) is 0 Å². The number of carbonyl (C=O) groups is 1. The smallest absolute Gasteiger partial charge is 0.266 e. The molecule has 0 spiro atoms. The molecule has 0 aliphatic heterocycles. The van der Waals surface area contributed by atoms with E-state index >= 15 is 0 Å². The quantitative estimate of drug-likeness (QED) is 0.190. The van der Waals surface area contributed by atoms with E-state index in [0.717, 1.165) is 16.3 Å². The molecule has 0 saturated carbocycles. The van der Waals surface area contributed by atoms with Gasteiger partial charge in [0.2, 0.25) is 0 Å². The molecule has 0 heterocycles. The molecule has 37 heavy (non-hydrogen) atoms. The van der Waals surface area contributed by atoms with Gasteiger partial charge in [-0.05, 0) is 40.6 Å². The Balaban J connectivity index is 1.71. The van der Waals surface area contributed by atoms with E-state index in [1.807, 2.05) is 60.7 Å². The number of anilines is 1. The average Bonchev–Trinajstić information content (AvgIpc) is 2.91. The molecule has 0 aromatic heterocycles. The number of carbonyl (C=O) groups excluding carboxylic acids is 1. The van der Waals surface area contributed by atoms with E-state index < -0.39 is 5.91 Å². The third kappa shape index (κ3) is 5.97. The van der Waals surface area contributed by atoms with E-state index in [-0.39, 0.29) is 12.2 Å². The molecule has 0 bridgehead atoms. The van der Waals surface area contributed by atoms with Gasteiger partial charge < -0.3 is 19.5 Å². The average molecular weight is 533 g/mol. The lowest BCUT2D eigenvalue weighted by atomic mass is 10.0. The highest BCUT2D eigenvalue weighted by atomic mass is 35.5. The Morgan fingerprint density at radius 2 is 1.73 bits per heavy atom. The SMILES string of the molecule is COc1cc(NC(=O)/C(C#N)=C/c2c(OCc3cccc(Cl)c3)ccc3ccccc23)c(OC)cc1Cl. The summed E-state index contributed by atoms with van der Waals surface area (Å²) in [5, 5.41) is 15.3. The second kappa shape index (κ2) is 11.7. The molecule has 0 aliphatic rings. The molecule has 0 atom stereocenters. The zero-order valence-electron chi connectivity index (χ0n) is 20.0. The lowest BCUT2D eigenvalue weighted by molar-refractivity contribution is -0.112. The third-order valence-electron chi connectivity index (χ3n) is 5.59. The summed E-state index contributed by atoms with van der Waals surface area (Å²) in [7, 11) is 2.92. The van der Waals surface area contributed by atoms with E-state index in [1.54, 1.807) is 6.07 Å². The van der Waals surface area contributed by atoms with Gasteiger partial charge in [-0.3, -0.25) is 4.79 Å². The number of ether oxygens (including phenoxy) is 3. The lowest BCUT2D eigenvalue weighted by Gasteiger charge is -2.14. The van der Waals surface area contributed by atoms with Crippen LogP contribution in [0.2, 0.25) is 10.0 Å². The van der Waals surface area contributed by atoms with Crippen molar-refractivity contribution in [1.29, 1.82) is 5.26 Å². The van der Waals surface area contributed by atoms with E-state index in [0.29, 0.717) is 38.5 Å². The summed E-state index contributed by atoms with van der Waals surface area (Å²) in [6.07, 6.45) is 1.52. The van der Waals surface area contributed by atoms with Gasteiger partial charge in [-0.1, -0.05) is 65.7 Å². The number of methoxy groups -OCH3 is 2. The zero-order valence-corrected chi connectivity index (χ0v) is 21.6. The number of nitrogens with zero attached hydrogens (tertiary/aromatic N) is 1. The van der Waals surface area contributed by atoms with Crippen LogP contribution in [0.4, 0.5) is 5.69 Å². The third-order valence-corrected chi connectivity index (χ3v) is 6.12. The Kier molecular flexibility index (Phi) is 8.19. The van der Waals surface area contributed by atoms with Gasteiger partial charge in [0, 0.05) is 22.7 Å². The number of amides is 1. The van der Waals surface area contributed by atoms with E-state index in [1.165, 1.54) is 32.4 Å². The van der Waals surface area contributed by atoms with Crippen molar-refractivity contribution in [3.05, 3.63) is 99.5 Å². The van der Waals surface area contributed by atoms with Crippen molar-refractivity contribution in [2.75, 3.05) is 19.5 Å². The van der Waals surface area contributed by atoms with Crippen molar-refractivity contribution in [1.82, 2.24) is 0 Å². The molecule has 4 aromatic carbocycles. The van der Waals surface area contributed by atoms with Crippen LogP contribution < -0.4 is 19.5 Å². The highest BCUT2D eigenvalue weighted by Gasteiger charge is 2.17. The first-order chi connectivity index (χ1) is 17.9. The van der Waals surface area contributed by atoms with Crippen molar-refractivity contribution in [2.45, 2.75) is 6.61 Å². The highest BCUT2D eigenvalue weighted by Crippen LogP contribution is 2.36.